The van der Waals surface area contributed by atoms with Crippen LogP contribution >= 0.6 is 0 Å². The fourth-order valence-corrected chi connectivity index (χ4v) is 1.43. The number of alkyl carbamates (subject to hydrolysis) is 1. The van der Waals surface area contributed by atoms with Crippen LogP contribution in [0.1, 0.15) is 32.4 Å². The van der Waals surface area contributed by atoms with E-state index in [0.717, 1.165) is 0 Å². The van der Waals surface area contributed by atoms with Gasteiger partial charge >= 0.3 is 12.1 Å². The molecular weight excluding hydrogens is 250 g/mol. The third-order valence-electron chi connectivity index (χ3n) is 2.16. The smallest absolute Gasteiger partial charge is 0.408 e. The van der Waals surface area contributed by atoms with E-state index in [9.17, 15) is 14.7 Å². The third-order valence-corrected chi connectivity index (χ3v) is 2.16. The Morgan fingerprint density at radius 2 is 1.84 bits per heavy atom. The second-order valence-electron chi connectivity index (χ2n) is 4.98. The van der Waals surface area contributed by atoms with Crippen molar-refractivity contribution in [1.82, 2.24) is 5.32 Å². The molecule has 0 saturated carbocycles. The fourth-order valence-electron chi connectivity index (χ4n) is 1.43. The summed E-state index contributed by atoms with van der Waals surface area (Å²) in [5.74, 6) is -1.49. The van der Waals surface area contributed by atoms with Crippen LogP contribution in [0.5, 0.6) is 5.75 Å². The number of ether oxygens (including phenoxy) is 1. The highest BCUT2D eigenvalue weighted by Crippen LogP contribution is 2.24. The van der Waals surface area contributed by atoms with Gasteiger partial charge in [0.15, 0.2) is 6.04 Å². The van der Waals surface area contributed by atoms with Crippen molar-refractivity contribution in [1.29, 1.82) is 0 Å². The first-order valence-electron chi connectivity index (χ1n) is 5.71. The van der Waals surface area contributed by atoms with Crippen LogP contribution in [0.25, 0.3) is 0 Å². The number of benzene rings is 1. The lowest BCUT2D eigenvalue weighted by Crippen LogP contribution is -2.38. The van der Waals surface area contributed by atoms with E-state index in [-0.39, 0.29) is 11.3 Å². The second kappa shape index (κ2) is 5.60. The van der Waals surface area contributed by atoms with Crippen molar-refractivity contribution in [3.63, 3.8) is 0 Å². The Bertz CT molecular complexity index is 478. The molecule has 19 heavy (non-hydrogen) atoms. The predicted molar refractivity (Wildman–Crippen MR) is 67.9 cm³/mol. The average Bonchev–Trinajstić information content (AvgIpc) is 2.24. The number of carboxylic acid groups (broad SMARTS) is 1. The van der Waals surface area contributed by atoms with Gasteiger partial charge in [0.05, 0.1) is 0 Å². The van der Waals surface area contributed by atoms with E-state index in [0.29, 0.717) is 0 Å². The summed E-state index contributed by atoms with van der Waals surface area (Å²) in [5.41, 5.74) is -0.632. The predicted octanol–water partition coefficient (Wildman–Crippen LogP) is 2.04. The van der Waals surface area contributed by atoms with E-state index >= 15 is 0 Å². The van der Waals surface area contributed by atoms with E-state index in [4.69, 9.17) is 9.84 Å². The van der Waals surface area contributed by atoms with Crippen molar-refractivity contribution in [3.05, 3.63) is 29.8 Å². The molecule has 0 aliphatic rings. The highest BCUT2D eigenvalue weighted by atomic mass is 16.6. The Morgan fingerprint density at radius 3 is 2.32 bits per heavy atom. The largest absolute Gasteiger partial charge is 0.508 e. The summed E-state index contributed by atoms with van der Waals surface area (Å²) in [4.78, 5) is 22.8. The molecule has 0 aliphatic heterocycles. The number of aromatic hydroxyl groups is 1. The van der Waals surface area contributed by atoms with Crippen molar-refractivity contribution < 1.29 is 24.5 Å². The lowest BCUT2D eigenvalue weighted by Gasteiger charge is -2.22. The van der Waals surface area contributed by atoms with Gasteiger partial charge in [-0.2, -0.15) is 0 Å². The number of carbonyl (C=O) groups excluding carboxylic acids is 1. The number of phenols is 1. The van der Waals surface area contributed by atoms with E-state index in [2.05, 4.69) is 5.32 Å². The molecule has 1 amide bonds. The first kappa shape index (κ1) is 14.8. The van der Waals surface area contributed by atoms with Crippen LogP contribution in [-0.4, -0.2) is 27.9 Å². The van der Waals surface area contributed by atoms with Crippen molar-refractivity contribution in [2.75, 3.05) is 0 Å². The lowest BCUT2D eigenvalue weighted by molar-refractivity contribution is -0.139. The summed E-state index contributed by atoms with van der Waals surface area (Å²) >= 11 is 0. The zero-order valence-electron chi connectivity index (χ0n) is 11.0. The standard InChI is InChI=1S/C13H17NO5/c1-13(2,3)19-12(18)14-10(11(16)17)8-6-4-5-7-9(8)15/h4-7,10,15H,1-3H3,(H,14,18)(H,16,17)/t10-/m1/s1. The Balaban J connectivity index is 2.89. The van der Waals surface area contributed by atoms with Crippen LogP contribution in [0, 0.1) is 0 Å². The molecule has 3 N–H and O–H groups in total. The molecule has 0 heterocycles. The van der Waals surface area contributed by atoms with E-state index < -0.39 is 23.7 Å². The third kappa shape index (κ3) is 4.50. The first-order chi connectivity index (χ1) is 8.70. The molecule has 1 aromatic carbocycles. The van der Waals surface area contributed by atoms with Crippen molar-refractivity contribution in [2.24, 2.45) is 0 Å². The number of carbonyl (C=O) groups is 2. The van der Waals surface area contributed by atoms with Crippen LogP contribution in [0.3, 0.4) is 0 Å². The number of hydrogen-bond acceptors (Lipinski definition) is 4. The van der Waals surface area contributed by atoms with Crippen LogP contribution in [-0.2, 0) is 9.53 Å². The van der Waals surface area contributed by atoms with E-state index in [1.807, 2.05) is 0 Å². The molecule has 0 unspecified atom stereocenters. The quantitative estimate of drug-likeness (QED) is 0.778. The molecule has 0 bridgehead atoms. The maximum Gasteiger partial charge on any atom is 0.408 e. The van der Waals surface area contributed by atoms with Gasteiger partial charge in [-0.3, -0.25) is 0 Å². The molecular formula is C13H17NO5. The topological polar surface area (TPSA) is 95.9 Å². The molecule has 1 rings (SSSR count). The first-order valence-corrected chi connectivity index (χ1v) is 5.71. The van der Waals surface area contributed by atoms with Gasteiger partial charge in [0.1, 0.15) is 11.4 Å². The van der Waals surface area contributed by atoms with Gasteiger partial charge in [-0.25, -0.2) is 9.59 Å². The van der Waals surface area contributed by atoms with Gasteiger partial charge in [-0.1, -0.05) is 18.2 Å². The highest BCUT2D eigenvalue weighted by molar-refractivity contribution is 5.82. The van der Waals surface area contributed by atoms with Crippen LogP contribution in [0.4, 0.5) is 4.79 Å². The van der Waals surface area contributed by atoms with Gasteiger partial charge in [0.2, 0.25) is 0 Å². The number of aliphatic carboxylic acids is 1. The van der Waals surface area contributed by atoms with Crippen molar-refractivity contribution >= 4 is 12.1 Å². The number of rotatable bonds is 3. The SMILES string of the molecule is CC(C)(C)OC(=O)N[C@@H](C(=O)O)c1ccccc1O. The van der Waals surface area contributed by atoms with Gasteiger partial charge in [0.25, 0.3) is 0 Å². The number of amides is 1. The molecule has 1 aromatic rings. The summed E-state index contributed by atoms with van der Waals surface area (Å²) in [6, 6.07) is 4.54. The molecule has 104 valence electrons. The lowest BCUT2D eigenvalue weighted by atomic mass is 10.1. The number of para-hydroxylation sites is 1. The molecule has 6 nitrogen and oxygen atoms in total. The van der Waals surface area contributed by atoms with Crippen LogP contribution < -0.4 is 5.32 Å². The zero-order valence-corrected chi connectivity index (χ0v) is 11.0. The summed E-state index contributed by atoms with van der Waals surface area (Å²) < 4.78 is 4.98. The minimum Gasteiger partial charge on any atom is -0.508 e. The summed E-state index contributed by atoms with van der Waals surface area (Å²) in [6.07, 6.45) is -0.858. The minimum absolute atomic E-state index is 0.0980. The zero-order chi connectivity index (χ0) is 14.6. The average molecular weight is 267 g/mol. The maximum absolute atomic E-state index is 11.6. The summed E-state index contributed by atoms with van der Waals surface area (Å²) in [6.45, 7) is 5.01. The molecule has 0 aliphatic carbocycles. The Kier molecular flexibility index (Phi) is 4.37. The van der Waals surface area contributed by atoms with Gasteiger partial charge in [-0.15, -0.1) is 0 Å². The van der Waals surface area contributed by atoms with Gasteiger partial charge in [0, 0.05) is 5.56 Å². The minimum atomic E-state index is -1.36. The highest BCUT2D eigenvalue weighted by Gasteiger charge is 2.27. The van der Waals surface area contributed by atoms with Gasteiger partial charge < -0.3 is 20.3 Å². The fraction of sp³-hybridized carbons (Fsp3) is 0.385. The van der Waals surface area contributed by atoms with E-state index in [1.165, 1.54) is 12.1 Å². The molecule has 0 aromatic heterocycles. The Labute approximate surface area is 111 Å². The molecule has 0 spiro atoms. The number of hydrogen-bond donors (Lipinski definition) is 3. The maximum atomic E-state index is 11.6. The number of nitrogens with one attached hydrogen (secondary N) is 1. The monoisotopic (exact) mass is 267 g/mol. The van der Waals surface area contributed by atoms with E-state index in [1.54, 1.807) is 32.9 Å². The molecule has 0 fully saturated rings. The Morgan fingerprint density at radius 1 is 1.26 bits per heavy atom. The number of phenolic OH excluding ortho intramolecular Hbond substituents is 1. The Hall–Kier alpha value is -2.24. The van der Waals surface area contributed by atoms with Crippen molar-refractivity contribution in [2.45, 2.75) is 32.4 Å². The number of carboxylic acids is 1. The van der Waals surface area contributed by atoms with Crippen LogP contribution in [0.15, 0.2) is 24.3 Å². The molecule has 0 radical (unpaired) electrons. The van der Waals surface area contributed by atoms with Crippen molar-refractivity contribution in [3.8, 4) is 5.75 Å². The normalized spacial score (nSPS) is 12.6. The molecule has 1 atom stereocenters. The summed E-state index contributed by atoms with van der Waals surface area (Å²) in [7, 11) is 0. The van der Waals surface area contributed by atoms with Gasteiger partial charge in [-0.05, 0) is 26.8 Å². The summed E-state index contributed by atoms with van der Waals surface area (Å²) in [5, 5.41) is 20.9. The second-order valence-corrected chi connectivity index (χ2v) is 4.98. The molecule has 0 saturated heterocycles. The molecule has 6 heteroatoms. The van der Waals surface area contributed by atoms with Crippen LogP contribution in [0.2, 0.25) is 0 Å².